The van der Waals surface area contributed by atoms with Gasteiger partial charge in [0.2, 0.25) is 0 Å². The highest BCUT2D eigenvalue weighted by Crippen LogP contribution is 2.18. The summed E-state index contributed by atoms with van der Waals surface area (Å²) in [7, 11) is -2.59. The fourth-order valence-electron chi connectivity index (χ4n) is 2.24. The number of non-ortho nitro benzene ring substituents is 1. The number of nitro groups is 1. The average Bonchev–Trinajstić information content (AvgIpc) is 2.56. The summed E-state index contributed by atoms with van der Waals surface area (Å²) in [4.78, 5) is 14.5. The predicted molar refractivity (Wildman–Crippen MR) is 95.6 cm³/mol. The van der Waals surface area contributed by atoms with Crippen LogP contribution in [-0.4, -0.2) is 46.3 Å². The Morgan fingerprint density at radius 2 is 1.62 bits per heavy atom. The van der Waals surface area contributed by atoms with Crippen molar-refractivity contribution >= 4 is 20.7 Å². The SMILES string of the molecule is CCO[Si](CCCN=Cc1ccc([N+](=O)[O-])cc1)(OCC)OCC. The maximum absolute atomic E-state index is 10.6. The summed E-state index contributed by atoms with van der Waals surface area (Å²) in [5.74, 6) is 0. The van der Waals surface area contributed by atoms with E-state index in [4.69, 9.17) is 13.3 Å². The predicted octanol–water partition coefficient (Wildman–Crippen LogP) is 3.45. The Hall–Kier alpha value is -1.61. The zero-order valence-corrected chi connectivity index (χ0v) is 15.6. The summed E-state index contributed by atoms with van der Waals surface area (Å²) in [6, 6.07) is 7.03. The topological polar surface area (TPSA) is 83.2 Å². The van der Waals surface area contributed by atoms with E-state index >= 15 is 0 Å². The van der Waals surface area contributed by atoms with Gasteiger partial charge in [0.15, 0.2) is 0 Å². The van der Waals surface area contributed by atoms with Crippen LogP contribution in [0.2, 0.25) is 6.04 Å². The van der Waals surface area contributed by atoms with E-state index in [2.05, 4.69) is 4.99 Å². The Kier molecular flexibility index (Phi) is 9.39. The molecule has 1 aromatic rings. The van der Waals surface area contributed by atoms with Crippen LogP contribution in [0.25, 0.3) is 0 Å². The van der Waals surface area contributed by atoms with Crippen LogP contribution in [-0.2, 0) is 13.3 Å². The van der Waals surface area contributed by atoms with Crippen molar-refractivity contribution in [2.75, 3.05) is 26.4 Å². The Morgan fingerprint density at radius 1 is 1.08 bits per heavy atom. The summed E-state index contributed by atoms with van der Waals surface area (Å²) in [5.41, 5.74) is 0.914. The number of benzene rings is 1. The van der Waals surface area contributed by atoms with Crippen molar-refractivity contribution in [2.24, 2.45) is 4.99 Å². The van der Waals surface area contributed by atoms with E-state index in [0.29, 0.717) is 26.4 Å². The second kappa shape index (κ2) is 11.0. The van der Waals surface area contributed by atoms with Gasteiger partial charge in [-0.15, -0.1) is 0 Å². The number of hydrogen-bond acceptors (Lipinski definition) is 6. The molecule has 0 aromatic heterocycles. The van der Waals surface area contributed by atoms with E-state index in [1.54, 1.807) is 18.3 Å². The summed E-state index contributed by atoms with van der Waals surface area (Å²) < 4.78 is 17.4. The van der Waals surface area contributed by atoms with Crippen LogP contribution in [0.3, 0.4) is 0 Å². The van der Waals surface area contributed by atoms with Crippen LogP contribution < -0.4 is 0 Å². The zero-order valence-electron chi connectivity index (χ0n) is 14.6. The minimum atomic E-state index is -2.59. The molecule has 0 spiro atoms. The highest BCUT2D eigenvalue weighted by atomic mass is 28.4. The molecule has 0 amide bonds. The second-order valence-electron chi connectivity index (χ2n) is 4.97. The fraction of sp³-hybridized carbons (Fsp3) is 0.562. The van der Waals surface area contributed by atoms with E-state index in [1.165, 1.54) is 12.1 Å². The van der Waals surface area contributed by atoms with E-state index in [-0.39, 0.29) is 5.69 Å². The van der Waals surface area contributed by atoms with Crippen molar-refractivity contribution in [3.8, 4) is 0 Å². The number of nitro benzene ring substituents is 1. The maximum Gasteiger partial charge on any atom is 0.500 e. The summed E-state index contributed by atoms with van der Waals surface area (Å²) in [6.07, 6.45) is 2.52. The van der Waals surface area contributed by atoms with E-state index < -0.39 is 13.7 Å². The molecule has 0 heterocycles. The van der Waals surface area contributed by atoms with Crippen molar-refractivity contribution in [3.05, 3.63) is 39.9 Å². The third-order valence-corrected chi connectivity index (χ3v) is 6.36. The van der Waals surface area contributed by atoms with Crippen LogP contribution in [0.15, 0.2) is 29.3 Å². The van der Waals surface area contributed by atoms with Gasteiger partial charge in [-0.2, -0.15) is 0 Å². The Labute approximate surface area is 144 Å². The Bertz CT molecular complexity index is 505. The molecule has 1 rings (SSSR count). The van der Waals surface area contributed by atoms with Crippen LogP contribution in [0.1, 0.15) is 32.8 Å². The largest absolute Gasteiger partial charge is 0.500 e. The highest BCUT2D eigenvalue weighted by molar-refractivity contribution is 6.60. The smallest absolute Gasteiger partial charge is 0.374 e. The van der Waals surface area contributed by atoms with Gasteiger partial charge in [-0.1, -0.05) is 0 Å². The molecular formula is C16H26N2O5Si. The van der Waals surface area contributed by atoms with E-state index in [9.17, 15) is 10.1 Å². The first-order valence-electron chi connectivity index (χ1n) is 8.23. The minimum Gasteiger partial charge on any atom is -0.374 e. The zero-order chi connectivity index (χ0) is 17.8. The fourth-order valence-corrected chi connectivity index (χ4v) is 4.83. The van der Waals surface area contributed by atoms with Crippen molar-refractivity contribution in [1.82, 2.24) is 0 Å². The van der Waals surface area contributed by atoms with Gasteiger partial charge in [0.05, 0.1) is 4.92 Å². The standard InChI is InChI=1S/C16H26N2O5Si/c1-4-21-24(22-5-2,23-6-3)13-7-12-17-14-15-8-10-16(11-9-15)18(19)20/h8-11,14H,4-7,12-13H2,1-3H3. The molecule has 134 valence electrons. The number of rotatable bonds is 12. The quantitative estimate of drug-likeness (QED) is 0.189. The van der Waals surface area contributed by atoms with Gasteiger partial charge in [0, 0.05) is 50.8 Å². The molecule has 1 aromatic carbocycles. The first kappa shape index (κ1) is 20.4. The third-order valence-electron chi connectivity index (χ3n) is 3.21. The average molecular weight is 354 g/mol. The van der Waals surface area contributed by atoms with Crippen LogP contribution in [0.4, 0.5) is 5.69 Å². The lowest BCUT2D eigenvalue weighted by Crippen LogP contribution is -2.46. The molecule has 0 radical (unpaired) electrons. The van der Waals surface area contributed by atoms with Crippen molar-refractivity contribution in [3.63, 3.8) is 0 Å². The molecule has 0 aliphatic carbocycles. The third kappa shape index (κ3) is 6.87. The Morgan fingerprint density at radius 3 is 2.08 bits per heavy atom. The normalized spacial score (nSPS) is 12.0. The molecule has 0 aliphatic rings. The van der Waals surface area contributed by atoms with Gasteiger partial charge >= 0.3 is 8.80 Å². The molecule has 0 N–H and O–H groups in total. The first-order valence-corrected chi connectivity index (χ1v) is 10.2. The lowest BCUT2D eigenvalue weighted by Gasteiger charge is -2.28. The van der Waals surface area contributed by atoms with Gasteiger partial charge < -0.3 is 13.3 Å². The van der Waals surface area contributed by atoms with Crippen molar-refractivity contribution < 1.29 is 18.2 Å². The lowest BCUT2D eigenvalue weighted by molar-refractivity contribution is -0.384. The Balaban J connectivity index is 2.50. The molecule has 0 saturated carbocycles. The first-order chi connectivity index (χ1) is 11.6. The van der Waals surface area contributed by atoms with Crippen LogP contribution in [0, 0.1) is 10.1 Å². The molecular weight excluding hydrogens is 328 g/mol. The molecule has 0 atom stereocenters. The van der Waals surface area contributed by atoms with E-state index in [1.807, 2.05) is 20.8 Å². The second-order valence-corrected chi connectivity index (χ2v) is 7.70. The monoisotopic (exact) mass is 354 g/mol. The van der Waals surface area contributed by atoms with Crippen LogP contribution >= 0.6 is 0 Å². The molecule has 0 bridgehead atoms. The molecule has 24 heavy (non-hydrogen) atoms. The van der Waals surface area contributed by atoms with Gasteiger partial charge in [0.1, 0.15) is 0 Å². The number of nitrogens with zero attached hydrogens (tertiary/aromatic N) is 2. The van der Waals surface area contributed by atoms with E-state index in [0.717, 1.165) is 18.0 Å². The molecule has 0 fully saturated rings. The van der Waals surface area contributed by atoms with Gasteiger partial charge in [-0.3, -0.25) is 15.1 Å². The molecule has 0 unspecified atom stereocenters. The summed E-state index contributed by atoms with van der Waals surface area (Å²) in [5, 5.41) is 10.6. The van der Waals surface area contributed by atoms with Gasteiger partial charge in [0.25, 0.3) is 5.69 Å². The number of aliphatic imine (C=N–C) groups is 1. The molecule has 8 heteroatoms. The summed E-state index contributed by atoms with van der Waals surface area (Å²) >= 11 is 0. The summed E-state index contributed by atoms with van der Waals surface area (Å²) in [6.45, 7) is 8.14. The number of hydrogen-bond donors (Lipinski definition) is 0. The highest BCUT2D eigenvalue weighted by Gasteiger charge is 2.39. The maximum atomic E-state index is 10.6. The molecule has 7 nitrogen and oxygen atoms in total. The van der Waals surface area contributed by atoms with Gasteiger partial charge in [-0.05, 0) is 44.9 Å². The molecule has 0 aliphatic heterocycles. The van der Waals surface area contributed by atoms with Gasteiger partial charge in [-0.25, -0.2) is 0 Å². The molecule has 0 saturated heterocycles. The lowest BCUT2D eigenvalue weighted by atomic mass is 10.2. The van der Waals surface area contributed by atoms with Crippen LogP contribution in [0.5, 0.6) is 0 Å². The van der Waals surface area contributed by atoms with Crippen molar-refractivity contribution in [2.45, 2.75) is 33.2 Å². The minimum absolute atomic E-state index is 0.0769. The van der Waals surface area contributed by atoms with Crippen molar-refractivity contribution in [1.29, 1.82) is 0 Å².